The average Bonchev–Trinajstić information content (AvgIpc) is 2.54. The molecule has 0 aliphatic rings. The van der Waals surface area contributed by atoms with Crippen molar-refractivity contribution in [2.45, 2.75) is 9.79 Å². The van der Waals surface area contributed by atoms with E-state index < -0.39 is 20.4 Å². The van der Waals surface area contributed by atoms with Crippen LogP contribution in [0, 0.1) is 10.1 Å². The number of nitrogens with zero attached hydrogens (tertiary/aromatic N) is 1. The Hall–Kier alpha value is -2.61. The van der Waals surface area contributed by atoms with E-state index in [9.17, 15) is 18.5 Å². The molecule has 0 aliphatic heterocycles. The van der Waals surface area contributed by atoms with Crippen LogP contribution in [0.4, 0.5) is 5.69 Å². The molecular weight excluding hydrogens is 310 g/mol. The lowest BCUT2D eigenvalue weighted by atomic mass is 10.3. The Balaban J connectivity index is 2.69. The van der Waals surface area contributed by atoms with Gasteiger partial charge in [-0.3, -0.25) is 10.1 Å². The van der Waals surface area contributed by atoms with Gasteiger partial charge in [-0.15, -0.1) is 0 Å². The van der Waals surface area contributed by atoms with Crippen molar-refractivity contribution in [3.8, 4) is 11.5 Å². The molecule has 22 heavy (non-hydrogen) atoms. The van der Waals surface area contributed by atoms with E-state index >= 15 is 0 Å². The smallest absolute Gasteiger partial charge is 0.288 e. The van der Waals surface area contributed by atoms with Crippen LogP contribution in [-0.4, -0.2) is 27.6 Å². The number of ether oxygens (including phenoxy) is 2. The fourth-order valence-electron chi connectivity index (χ4n) is 1.95. The van der Waals surface area contributed by atoms with Crippen LogP contribution >= 0.6 is 0 Å². The van der Waals surface area contributed by atoms with Gasteiger partial charge in [-0.1, -0.05) is 12.1 Å². The summed E-state index contributed by atoms with van der Waals surface area (Å²) in [4.78, 5) is 9.76. The second-order valence-electron chi connectivity index (χ2n) is 4.25. The zero-order valence-corrected chi connectivity index (χ0v) is 12.7. The van der Waals surface area contributed by atoms with Crippen molar-refractivity contribution in [3.05, 3.63) is 52.6 Å². The van der Waals surface area contributed by atoms with E-state index in [4.69, 9.17) is 9.47 Å². The summed E-state index contributed by atoms with van der Waals surface area (Å²) >= 11 is 0. The van der Waals surface area contributed by atoms with Crippen LogP contribution in [0.5, 0.6) is 11.5 Å². The molecule has 0 heterocycles. The Labute approximate surface area is 127 Å². The number of methoxy groups -OCH3 is 2. The van der Waals surface area contributed by atoms with Crippen molar-refractivity contribution in [3.63, 3.8) is 0 Å². The molecule has 8 heteroatoms. The molecule has 0 bridgehead atoms. The minimum Gasteiger partial charge on any atom is -0.497 e. The van der Waals surface area contributed by atoms with Crippen molar-refractivity contribution in [2.24, 2.45) is 0 Å². The van der Waals surface area contributed by atoms with Crippen molar-refractivity contribution < 1.29 is 22.8 Å². The molecule has 2 aromatic carbocycles. The van der Waals surface area contributed by atoms with Crippen LogP contribution in [0.2, 0.25) is 0 Å². The first-order chi connectivity index (χ1) is 10.4. The minimum atomic E-state index is -4.10. The third-order valence-electron chi connectivity index (χ3n) is 3.01. The van der Waals surface area contributed by atoms with E-state index in [1.807, 2.05) is 0 Å². The monoisotopic (exact) mass is 323 g/mol. The van der Waals surface area contributed by atoms with Gasteiger partial charge < -0.3 is 9.47 Å². The third-order valence-corrected chi connectivity index (χ3v) is 4.85. The second kappa shape index (κ2) is 6.02. The van der Waals surface area contributed by atoms with Gasteiger partial charge in [0.25, 0.3) is 5.69 Å². The van der Waals surface area contributed by atoms with E-state index in [0.29, 0.717) is 5.75 Å². The summed E-state index contributed by atoms with van der Waals surface area (Å²) in [5, 5.41) is 11.0. The number of sulfone groups is 1. The maximum atomic E-state index is 12.7. The maximum absolute atomic E-state index is 12.7. The number of hydrogen-bond acceptors (Lipinski definition) is 6. The van der Waals surface area contributed by atoms with E-state index in [1.54, 1.807) is 0 Å². The SMILES string of the molecule is COc1ccc(S(=O)(=O)c2ccccc2[N+](=O)[O-])c(OC)c1. The van der Waals surface area contributed by atoms with Gasteiger partial charge in [0.2, 0.25) is 9.84 Å². The number of rotatable bonds is 5. The van der Waals surface area contributed by atoms with Crippen LogP contribution in [0.15, 0.2) is 52.3 Å². The Kier molecular flexibility index (Phi) is 4.32. The van der Waals surface area contributed by atoms with Crippen molar-refractivity contribution >= 4 is 15.5 Å². The Bertz CT molecular complexity index is 816. The number of nitro groups is 1. The Morgan fingerprint density at radius 3 is 2.27 bits per heavy atom. The molecule has 2 rings (SSSR count). The molecule has 0 amide bonds. The second-order valence-corrected chi connectivity index (χ2v) is 6.13. The van der Waals surface area contributed by atoms with E-state index in [0.717, 1.165) is 6.07 Å². The molecule has 0 saturated heterocycles. The predicted molar refractivity (Wildman–Crippen MR) is 78.1 cm³/mol. The molecule has 0 aliphatic carbocycles. The molecule has 0 radical (unpaired) electrons. The number of nitro benzene ring substituents is 1. The molecule has 0 saturated carbocycles. The van der Waals surface area contributed by atoms with Crippen molar-refractivity contribution in [2.75, 3.05) is 14.2 Å². The molecule has 0 aromatic heterocycles. The molecule has 0 unspecified atom stereocenters. The lowest BCUT2D eigenvalue weighted by Gasteiger charge is -2.11. The summed E-state index contributed by atoms with van der Waals surface area (Å²) in [6.07, 6.45) is 0. The first kappa shape index (κ1) is 15.8. The first-order valence-corrected chi connectivity index (χ1v) is 7.60. The summed E-state index contributed by atoms with van der Waals surface area (Å²) in [7, 11) is -1.36. The van der Waals surface area contributed by atoms with Crippen LogP contribution in [0.1, 0.15) is 0 Å². The topological polar surface area (TPSA) is 95.7 Å². The molecule has 0 N–H and O–H groups in total. The summed E-state index contributed by atoms with van der Waals surface area (Å²) in [6.45, 7) is 0. The zero-order valence-electron chi connectivity index (χ0n) is 11.8. The molecule has 0 fully saturated rings. The highest BCUT2D eigenvalue weighted by atomic mass is 32.2. The Morgan fingerprint density at radius 2 is 1.68 bits per heavy atom. The molecule has 0 spiro atoms. The van der Waals surface area contributed by atoms with E-state index in [1.165, 1.54) is 50.6 Å². The summed E-state index contributed by atoms with van der Waals surface area (Å²) < 4.78 is 35.5. The van der Waals surface area contributed by atoms with Gasteiger partial charge in [-0.05, 0) is 18.2 Å². The maximum Gasteiger partial charge on any atom is 0.288 e. The van der Waals surface area contributed by atoms with Gasteiger partial charge in [0.05, 0.1) is 19.1 Å². The summed E-state index contributed by atoms with van der Waals surface area (Å²) in [6, 6.07) is 9.31. The number of hydrogen-bond donors (Lipinski definition) is 0. The highest BCUT2D eigenvalue weighted by molar-refractivity contribution is 7.91. The highest BCUT2D eigenvalue weighted by Gasteiger charge is 2.29. The predicted octanol–water partition coefficient (Wildman–Crippen LogP) is 2.44. The molecule has 0 atom stereocenters. The van der Waals surface area contributed by atoms with Crippen LogP contribution in [0.3, 0.4) is 0 Å². The van der Waals surface area contributed by atoms with Crippen molar-refractivity contribution in [1.82, 2.24) is 0 Å². The highest BCUT2D eigenvalue weighted by Crippen LogP contribution is 2.35. The fraction of sp³-hybridized carbons (Fsp3) is 0.143. The minimum absolute atomic E-state index is 0.0532. The average molecular weight is 323 g/mol. The van der Waals surface area contributed by atoms with Gasteiger partial charge in [-0.2, -0.15) is 0 Å². The lowest BCUT2D eigenvalue weighted by Crippen LogP contribution is -2.07. The zero-order chi connectivity index (χ0) is 16.3. The largest absolute Gasteiger partial charge is 0.497 e. The third kappa shape index (κ3) is 2.73. The van der Waals surface area contributed by atoms with Gasteiger partial charge in [-0.25, -0.2) is 8.42 Å². The lowest BCUT2D eigenvalue weighted by molar-refractivity contribution is -0.387. The molecule has 116 valence electrons. The normalized spacial score (nSPS) is 11.0. The van der Waals surface area contributed by atoms with Gasteiger partial charge in [0.1, 0.15) is 21.3 Å². The van der Waals surface area contributed by atoms with Crippen LogP contribution in [0.25, 0.3) is 0 Å². The standard InChI is InChI=1S/C14H13NO6S/c1-20-10-7-8-14(12(9-10)21-2)22(18,19)13-6-4-3-5-11(13)15(16)17/h3-9H,1-2H3. The first-order valence-electron chi connectivity index (χ1n) is 6.12. The summed E-state index contributed by atoms with van der Waals surface area (Å²) in [5.74, 6) is 0.468. The Morgan fingerprint density at radius 1 is 1.00 bits per heavy atom. The van der Waals surface area contributed by atoms with E-state index in [-0.39, 0.29) is 15.5 Å². The number of benzene rings is 2. The van der Waals surface area contributed by atoms with Gasteiger partial charge in [0.15, 0.2) is 0 Å². The van der Waals surface area contributed by atoms with Crippen LogP contribution in [-0.2, 0) is 9.84 Å². The quantitative estimate of drug-likeness (QED) is 0.619. The van der Waals surface area contributed by atoms with Gasteiger partial charge >= 0.3 is 0 Å². The van der Waals surface area contributed by atoms with Crippen LogP contribution < -0.4 is 9.47 Å². The molecule has 7 nitrogen and oxygen atoms in total. The molecular formula is C14H13NO6S. The van der Waals surface area contributed by atoms with E-state index in [2.05, 4.69) is 0 Å². The van der Waals surface area contributed by atoms with Gasteiger partial charge in [0, 0.05) is 12.1 Å². The fourth-order valence-corrected chi connectivity index (χ4v) is 3.52. The van der Waals surface area contributed by atoms with Crippen molar-refractivity contribution in [1.29, 1.82) is 0 Å². The number of para-hydroxylation sites is 1. The molecule has 2 aromatic rings. The summed E-state index contributed by atoms with van der Waals surface area (Å²) in [5.41, 5.74) is -0.486.